The summed E-state index contributed by atoms with van der Waals surface area (Å²) >= 11 is 0. The van der Waals surface area contributed by atoms with Gasteiger partial charge in [0.25, 0.3) is 5.91 Å². The summed E-state index contributed by atoms with van der Waals surface area (Å²) in [7, 11) is 0. The molecule has 2 atom stereocenters. The maximum absolute atomic E-state index is 13.3. The molecule has 2 N–H and O–H groups in total. The zero-order valence-electron chi connectivity index (χ0n) is 22.1. The van der Waals surface area contributed by atoms with E-state index in [2.05, 4.69) is 64.8 Å². The Hall–Kier alpha value is -3.19. The van der Waals surface area contributed by atoms with Crippen LogP contribution in [0.15, 0.2) is 48.5 Å². The lowest BCUT2D eigenvalue weighted by Gasteiger charge is -2.57. The van der Waals surface area contributed by atoms with Crippen molar-refractivity contribution in [1.82, 2.24) is 9.88 Å². The summed E-state index contributed by atoms with van der Waals surface area (Å²) < 4.78 is 0. The van der Waals surface area contributed by atoms with Crippen molar-refractivity contribution in [3.8, 4) is 12.3 Å². The number of H-pyrrole nitrogens is 1. The van der Waals surface area contributed by atoms with Crippen LogP contribution in [0, 0.1) is 36.0 Å². The van der Waals surface area contributed by atoms with Crippen LogP contribution in [0.3, 0.4) is 0 Å². The van der Waals surface area contributed by atoms with E-state index in [9.17, 15) is 4.79 Å². The van der Waals surface area contributed by atoms with Gasteiger partial charge in [-0.05, 0) is 110 Å². The summed E-state index contributed by atoms with van der Waals surface area (Å²) in [5, 5.41) is 5.30. The van der Waals surface area contributed by atoms with Crippen LogP contribution in [0.25, 0.3) is 10.9 Å². The second kappa shape index (κ2) is 8.40. The highest BCUT2D eigenvalue weighted by Gasteiger charge is 2.51. The lowest BCUT2D eigenvalue weighted by atomic mass is 9.53. The largest absolute Gasteiger partial charge is 0.380 e. The minimum absolute atomic E-state index is 0.132. The number of fused-ring (bicyclic) bond motifs is 3. The first-order valence-electron chi connectivity index (χ1n) is 14.8. The van der Waals surface area contributed by atoms with Gasteiger partial charge in [0.15, 0.2) is 0 Å². The Morgan fingerprint density at radius 3 is 2.34 bits per heavy atom. The van der Waals surface area contributed by atoms with Gasteiger partial charge in [0, 0.05) is 33.9 Å². The number of hydrogen-bond donors (Lipinski definition) is 2. The molecular weight excluding hydrogens is 466 g/mol. The van der Waals surface area contributed by atoms with Crippen LogP contribution in [-0.4, -0.2) is 27.4 Å². The van der Waals surface area contributed by atoms with Crippen molar-refractivity contribution in [1.29, 1.82) is 0 Å². The van der Waals surface area contributed by atoms with Gasteiger partial charge >= 0.3 is 0 Å². The van der Waals surface area contributed by atoms with Gasteiger partial charge in [0.1, 0.15) is 0 Å². The summed E-state index contributed by atoms with van der Waals surface area (Å²) in [6, 6.07) is 17.5. The molecule has 9 rings (SSSR count). The van der Waals surface area contributed by atoms with E-state index in [1.165, 1.54) is 68.0 Å². The average Bonchev–Trinajstić information content (AvgIpc) is 3.65. The van der Waals surface area contributed by atoms with Crippen molar-refractivity contribution in [2.24, 2.45) is 23.7 Å². The Bertz CT molecular complexity index is 1400. The van der Waals surface area contributed by atoms with Crippen LogP contribution in [0.4, 0.5) is 5.69 Å². The normalized spacial score (nSPS) is 33.2. The average molecular weight is 504 g/mol. The van der Waals surface area contributed by atoms with E-state index < -0.39 is 0 Å². The van der Waals surface area contributed by atoms with Crippen LogP contribution in [-0.2, 0) is 11.2 Å². The van der Waals surface area contributed by atoms with E-state index in [0.29, 0.717) is 5.92 Å². The molecule has 5 aliphatic carbocycles. The number of nitrogens with zero attached hydrogens (tertiary/aromatic N) is 1. The number of carbonyl (C=O) groups excluding carboxylic acids is 1. The predicted octanol–water partition coefficient (Wildman–Crippen LogP) is 6.82. The topological polar surface area (TPSA) is 48.1 Å². The number of hydrogen-bond acceptors (Lipinski definition) is 2. The molecule has 2 aromatic carbocycles. The maximum Gasteiger partial charge on any atom is 0.299 e. The fourth-order valence-electron chi connectivity index (χ4n) is 9.30. The molecule has 0 saturated heterocycles. The summed E-state index contributed by atoms with van der Waals surface area (Å²) in [4.78, 5) is 19.1. The van der Waals surface area contributed by atoms with Crippen LogP contribution in [0.1, 0.15) is 80.7 Å². The van der Waals surface area contributed by atoms with Crippen LogP contribution < -0.4 is 5.32 Å². The maximum atomic E-state index is 13.3. The van der Waals surface area contributed by atoms with E-state index in [-0.39, 0.29) is 23.5 Å². The number of anilines is 1. The second-order valence-corrected chi connectivity index (χ2v) is 13.3. The molecule has 4 heteroatoms. The van der Waals surface area contributed by atoms with Crippen molar-refractivity contribution in [2.45, 2.75) is 81.8 Å². The number of para-hydroxylation sites is 1. The summed E-state index contributed by atoms with van der Waals surface area (Å²) in [6.07, 6.45) is 18.6. The molecule has 4 nitrogen and oxygen atoms in total. The highest BCUT2D eigenvalue weighted by molar-refractivity contribution is 5.95. The number of amides is 1. The molecular formula is C34H37N3O. The zero-order chi connectivity index (χ0) is 25.4. The molecule has 5 fully saturated rings. The summed E-state index contributed by atoms with van der Waals surface area (Å²) in [5.74, 6) is 5.76. The minimum atomic E-state index is -0.194. The molecule has 5 saturated carbocycles. The van der Waals surface area contributed by atoms with Gasteiger partial charge in [0.05, 0.1) is 6.04 Å². The number of aromatic nitrogens is 1. The molecule has 3 aromatic rings. The first kappa shape index (κ1) is 22.8. The highest BCUT2D eigenvalue weighted by Crippen LogP contribution is 2.56. The molecule has 0 radical (unpaired) electrons. The third-order valence-corrected chi connectivity index (χ3v) is 10.6. The Balaban J connectivity index is 1.16. The zero-order valence-corrected chi connectivity index (χ0v) is 22.1. The Morgan fingerprint density at radius 2 is 1.68 bits per heavy atom. The van der Waals surface area contributed by atoms with Gasteiger partial charge in [-0.25, -0.2) is 0 Å². The van der Waals surface area contributed by atoms with Gasteiger partial charge in [-0.2, -0.15) is 0 Å². The monoisotopic (exact) mass is 503 g/mol. The Labute approximate surface area is 225 Å². The van der Waals surface area contributed by atoms with Crippen LogP contribution >= 0.6 is 0 Å². The van der Waals surface area contributed by atoms with Gasteiger partial charge in [-0.1, -0.05) is 43.2 Å². The molecule has 38 heavy (non-hydrogen) atoms. The Kier molecular flexibility index (Phi) is 5.03. The smallest absolute Gasteiger partial charge is 0.299 e. The minimum Gasteiger partial charge on any atom is -0.380 e. The second-order valence-electron chi connectivity index (χ2n) is 13.3. The number of carbonyl (C=O) groups is 1. The van der Waals surface area contributed by atoms with Gasteiger partial charge in [-0.3, -0.25) is 4.79 Å². The van der Waals surface area contributed by atoms with E-state index in [4.69, 9.17) is 6.42 Å². The molecule has 0 spiro atoms. The third kappa shape index (κ3) is 3.69. The SMILES string of the molecule is C#CC(=O)N1[C@@H](CC2CC2)Cc2c([nH]c3ccccc23)[C@@H]1c1ccc(NC23CC4CC(CC(C4)C2)C3)cc1. The van der Waals surface area contributed by atoms with Crippen molar-refractivity contribution >= 4 is 22.5 Å². The number of benzene rings is 2. The predicted molar refractivity (Wildman–Crippen MR) is 152 cm³/mol. The number of terminal acetylenes is 1. The van der Waals surface area contributed by atoms with E-state index in [1.54, 1.807) is 0 Å². The molecule has 1 aromatic heterocycles. The lowest BCUT2D eigenvalue weighted by molar-refractivity contribution is -0.130. The van der Waals surface area contributed by atoms with Crippen LogP contribution in [0.5, 0.6) is 0 Å². The van der Waals surface area contributed by atoms with Crippen molar-refractivity contribution in [3.63, 3.8) is 0 Å². The van der Waals surface area contributed by atoms with Crippen molar-refractivity contribution in [2.75, 3.05) is 5.32 Å². The van der Waals surface area contributed by atoms with E-state index in [1.807, 2.05) is 4.90 Å². The molecule has 194 valence electrons. The van der Waals surface area contributed by atoms with Crippen molar-refractivity contribution in [3.05, 3.63) is 65.4 Å². The van der Waals surface area contributed by atoms with Crippen molar-refractivity contribution < 1.29 is 4.79 Å². The van der Waals surface area contributed by atoms with Crippen LogP contribution in [0.2, 0.25) is 0 Å². The third-order valence-electron chi connectivity index (χ3n) is 10.6. The fraction of sp³-hybridized carbons (Fsp3) is 0.500. The highest BCUT2D eigenvalue weighted by atomic mass is 16.2. The molecule has 4 bridgehead atoms. The van der Waals surface area contributed by atoms with E-state index >= 15 is 0 Å². The van der Waals surface area contributed by atoms with Gasteiger partial charge in [0.2, 0.25) is 0 Å². The molecule has 6 aliphatic rings. The first-order valence-corrected chi connectivity index (χ1v) is 14.8. The molecule has 1 aliphatic heterocycles. The fourth-order valence-corrected chi connectivity index (χ4v) is 9.30. The van der Waals surface area contributed by atoms with E-state index in [0.717, 1.165) is 47.4 Å². The molecule has 0 unspecified atom stereocenters. The van der Waals surface area contributed by atoms with Gasteiger partial charge in [-0.15, -0.1) is 6.42 Å². The first-order chi connectivity index (χ1) is 18.6. The molecule has 2 heterocycles. The summed E-state index contributed by atoms with van der Waals surface area (Å²) in [6.45, 7) is 0. The number of aromatic amines is 1. The quantitative estimate of drug-likeness (QED) is 0.375. The molecule has 1 amide bonds. The van der Waals surface area contributed by atoms with Gasteiger partial charge < -0.3 is 15.2 Å². The summed E-state index contributed by atoms with van der Waals surface area (Å²) in [5.41, 5.74) is 6.26. The standard InChI is InChI=1S/C34H37N3O/c1-2-31(38)37-27(16-21-7-8-21)17-29-28-5-3-4-6-30(28)35-32(29)33(37)25-9-11-26(12-10-25)36-34-18-22-13-23(19-34)15-24(14-22)20-34/h1,3-6,9-12,21-24,27,33,35-36H,7-8,13-20H2/t22?,23?,24?,27-,33-,34?/m0/s1. The lowest BCUT2D eigenvalue weighted by Crippen LogP contribution is -2.54. The Morgan fingerprint density at radius 1 is 1.00 bits per heavy atom. The number of nitrogens with one attached hydrogen (secondary N) is 2. The number of rotatable bonds is 5.